The quantitative estimate of drug-likeness (QED) is 0.803. The van der Waals surface area contributed by atoms with E-state index in [0.717, 1.165) is 17.4 Å². The Balaban J connectivity index is 2.03. The Morgan fingerprint density at radius 1 is 1.38 bits per heavy atom. The molecule has 0 aliphatic rings. The van der Waals surface area contributed by atoms with E-state index >= 15 is 0 Å². The fraction of sp³-hybridized carbons (Fsp3) is 0.273. The van der Waals surface area contributed by atoms with Crippen molar-refractivity contribution in [1.29, 1.82) is 0 Å². The average Bonchev–Trinajstić information content (AvgIpc) is 2.81. The van der Waals surface area contributed by atoms with Crippen molar-refractivity contribution in [1.82, 2.24) is 15.0 Å². The minimum absolute atomic E-state index is 0.601. The first-order valence-corrected chi connectivity index (χ1v) is 5.20. The molecule has 0 spiro atoms. The molecule has 5 heteroatoms. The van der Waals surface area contributed by atoms with Crippen molar-refractivity contribution in [2.45, 2.75) is 13.5 Å². The number of aromatic amines is 1. The van der Waals surface area contributed by atoms with E-state index in [-0.39, 0.29) is 0 Å². The predicted molar refractivity (Wildman–Crippen MR) is 61.3 cm³/mol. The lowest BCUT2D eigenvalue weighted by Crippen LogP contribution is -2.05. The Morgan fingerprint density at radius 3 is 3.06 bits per heavy atom. The summed E-state index contributed by atoms with van der Waals surface area (Å²) in [4.78, 5) is 11.4. The molecule has 2 rings (SSSR count). The molecule has 0 amide bonds. The number of hydrogen-bond donors (Lipinski definition) is 2. The number of hydrogen-bond acceptors (Lipinski definition) is 4. The predicted octanol–water partition coefficient (Wildman–Crippen LogP) is 1.82. The highest BCUT2D eigenvalue weighted by Gasteiger charge is 2.03. The van der Waals surface area contributed by atoms with Crippen LogP contribution >= 0.6 is 0 Å². The van der Waals surface area contributed by atoms with Crippen LogP contribution in [0.1, 0.15) is 12.7 Å². The summed E-state index contributed by atoms with van der Waals surface area (Å²) < 4.78 is 5.45. The number of aromatic nitrogens is 3. The van der Waals surface area contributed by atoms with E-state index in [1.807, 2.05) is 19.1 Å². The van der Waals surface area contributed by atoms with Crippen molar-refractivity contribution in [2.75, 3.05) is 11.9 Å². The van der Waals surface area contributed by atoms with E-state index < -0.39 is 0 Å². The lowest BCUT2D eigenvalue weighted by Gasteiger charge is -2.09. The maximum atomic E-state index is 5.45. The topological polar surface area (TPSA) is 62.8 Å². The molecule has 2 aromatic heterocycles. The second-order valence-corrected chi connectivity index (χ2v) is 3.17. The van der Waals surface area contributed by atoms with Gasteiger partial charge in [-0.15, -0.1) is 0 Å². The van der Waals surface area contributed by atoms with Crippen LogP contribution in [0.15, 0.2) is 30.7 Å². The highest BCUT2D eigenvalue weighted by atomic mass is 16.5. The minimum atomic E-state index is 0.601. The van der Waals surface area contributed by atoms with E-state index in [1.54, 1.807) is 18.6 Å². The van der Waals surface area contributed by atoms with E-state index in [4.69, 9.17) is 4.74 Å². The SMILES string of the molecule is CCOc1cccnc1NCc1ncc[nH]1. The minimum Gasteiger partial charge on any atom is -0.490 e. The fourth-order valence-corrected chi connectivity index (χ4v) is 1.36. The van der Waals surface area contributed by atoms with Gasteiger partial charge in [-0.2, -0.15) is 0 Å². The number of imidazole rings is 1. The maximum absolute atomic E-state index is 5.45. The Kier molecular flexibility index (Phi) is 3.38. The van der Waals surface area contributed by atoms with Crippen LogP contribution in [0.2, 0.25) is 0 Å². The van der Waals surface area contributed by atoms with Crippen LogP contribution in [0.3, 0.4) is 0 Å². The normalized spacial score (nSPS) is 10.1. The van der Waals surface area contributed by atoms with Crippen LogP contribution in [-0.2, 0) is 6.54 Å². The summed E-state index contributed by atoms with van der Waals surface area (Å²) in [5, 5.41) is 3.17. The van der Waals surface area contributed by atoms with Gasteiger partial charge < -0.3 is 15.0 Å². The highest BCUT2D eigenvalue weighted by Crippen LogP contribution is 2.20. The molecule has 0 saturated heterocycles. The molecule has 84 valence electrons. The smallest absolute Gasteiger partial charge is 0.169 e. The van der Waals surface area contributed by atoms with Crippen molar-refractivity contribution in [3.63, 3.8) is 0 Å². The van der Waals surface area contributed by atoms with Gasteiger partial charge in [-0.1, -0.05) is 0 Å². The second kappa shape index (κ2) is 5.16. The van der Waals surface area contributed by atoms with Gasteiger partial charge in [0, 0.05) is 18.6 Å². The fourth-order valence-electron chi connectivity index (χ4n) is 1.36. The molecular weight excluding hydrogens is 204 g/mol. The lowest BCUT2D eigenvalue weighted by atomic mass is 10.4. The molecule has 16 heavy (non-hydrogen) atoms. The van der Waals surface area contributed by atoms with Gasteiger partial charge in [0.25, 0.3) is 0 Å². The molecule has 2 N–H and O–H groups in total. The summed E-state index contributed by atoms with van der Waals surface area (Å²) in [6, 6.07) is 3.74. The Bertz CT molecular complexity index is 427. The first-order chi connectivity index (χ1) is 7.90. The van der Waals surface area contributed by atoms with Gasteiger partial charge in [0.15, 0.2) is 11.6 Å². The molecule has 0 saturated carbocycles. The van der Waals surface area contributed by atoms with E-state index in [9.17, 15) is 0 Å². The molecule has 0 aromatic carbocycles. The Hall–Kier alpha value is -2.04. The third-order valence-electron chi connectivity index (χ3n) is 2.05. The summed E-state index contributed by atoms with van der Waals surface area (Å²) in [5.41, 5.74) is 0. The van der Waals surface area contributed by atoms with E-state index in [2.05, 4.69) is 20.3 Å². The summed E-state index contributed by atoms with van der Waals surface area (Å²) >= 11 is 0. The number of ether oxygens (including phenoxy) is 1. The standard InChI is InChI=1S/C11H14N4O/c1-2-16-9-4-3-5-14-11(9)15-8-10-12-6-7-13-10/h3-7H,2,8H2,1H3,(H,12,13)(H,14,15). The van der Waals surface area contributed by atoms with Crippen LogP contribution < -0.4 is 10.1 Å². The van der Waals surface area contributed by atoms with Crippen LogP contribution in [-0.4, -0.2) is 21.6 Å². The third-order valence-corrected chi connectivity index (χ3v) is 2.05. The summed E-state index contributed by atoms with van der Waals surface area (Å²) in [6.07, 6.45) is 5.24. The Morgan fingerprint density at radius 2 is 2.31 bits per heavy atom. The molecule has 2 aromatic rings. The number of pyridine rings is 1. The van der Waals surface area contributed by atoms with Crippen LogP contribution in [0.25, 0.3) is 0 Å². The zero-order valence-corrected chi connectivity index (χ0v) is 9.10. The largest absolute Gasteiger partial charge is 0.490 e. The van der Waals surface area contributed by atoms with Crippen molar-refractivity contribution >= 4 is 5.82 Å². The molecule has 0 aliphatic carbocycles. The van der Waals surface area contributed by atoms with Crippen molar-refractivity contribution in [2.24, 2.45) is 0 Å². The van der Waals surface area contributed by atoms with E-state index in [0.29, 0.717) is 13.2 Å². The average molecular weight is 218 g/mol. The number of nitrogens with one attached hydrogen (secondary N) is 2. The number of rotatable bonds is 5. The molecule has 0 bridgehead atoms. The van der Waals surface area contributed by atoms with Crippen LogP contribution in [0.4, 0.5) is 5.82 Å². The highest BCUT2D eigenvalue weighted by molar-refractivity contribution is 5.49. The molecular formula is C11H14N4O. The van der Waals surface area contributed by atoms with Crippen molar-refractivity contribution in [3.8, 4) is 5.75 Å². The van der Waals surface area contributed by atoms with Crippen molar-refractivity contribution in [3.05, 3.63) is 36.5 Å². The van der Waals surface area contributed by atoms with Gasteiger partial charge in [0.1, 0.15) is 5.82 Å². The first kappa shape index (κ1) is 10.5. The van der Waals surface area contributed by atoms with Gasteiger partial charge in [-0.05, 0) is 19.1 Å². The maximum Gasteiger partial charge on any atom is 0.169 e. The van der Waals surface area contributed by atoms with Gasteiger partial charge in [0.05, 0.1) is 13.2 Å². The molecule has 0 fully saturated rings. The van der Waals surface area contributed by atoms with Gasteiger partial charge in [-0.25, -0.2) is 9.97 Å². The molecule has 0 unspecified atom stereocenters. The number of anilines is 1. The zero-order chi connectivity index (χ0) is 11.2. The first-order valence-electron chi connectivity index (χ1n) is 5.20. The second-order valence-electron chi connectivity index (χ2n) is 3.17. The third kappa shape index (κ3) is 2.50. The zero-order valence-electron chi connectivity index (χ0n) is 9.10. The summed E-state index contributed by atoms with van der Waals surface area (Å²) in [6.45, 7) is 3.18. The molecule has 0 atom stereocenters. The molecule has 0 aliphatic heterocycles. The number of nitrogens with zero attached hydrogens (tertiary/aromatic N) is 2. The van der Waals surface area contributed by atoms with Crippen molar-refractivity contribution < 1.29 is 4.74 Å². The van der Waals surface area contributed by atoms with Gasteiger partial charge in [0.2, 0.25) is 0 Å². The lowest BCUT2D eigenvalue weighted by molar-refractivity contribution is 0.340. The summed E-state index contributed by atoms with van der Waals surface area (Å²) in [5.74, 6) is 2.37. The molecule has 2 heterocycles. The monoisotopic (exact) mass is 218 g/mol. The molecule has 0 radical (unpaired) electrons. The van der Waals surface area contributed by atoms with Crippen LogP contribution in [0, 0.1) is 0 Å². The number of H-pyrrole nitrogens is 1. The molecule has 5 nitrogen and oxygen atoms in total. The van der Waals surface area contributed by atoms with Crippen LogP contribution in [0.5, 0.6) is 5.75 Å². The van der Waals surface area contributed by atoms with Gasteiger partial charge in [-0.3, -0.25) is 0 Å². The Labute approximate surface area is 93.9 Å². The van der Waals surface area contributed by atoms with Gasteiger partial charge >= 0.3 is 0 Å². The van der Waals surface area contributed by atoms with E-state index in [1.165, 1.54) is 0 Å². The summed E-state index contributed by atoms with van der Waals surface area (Å²) in [7, 11) is 0.